The third kappa shape index (κ3) is 4.69. The molecule has 0 atom stereocenters. The first-order valence-electron chi connectivity index (χ1n) is 10.1. The molecule has 1 aliphatic heterocycles. The van der Waals surface area contributed by atoms with Gasteiger partial charge in [-0.05, 0) is 49.9 Å². The van der Waals surface area contributed by atoms with Crippen LogP contribution < -0.4 is 9.64 Å². The standard InChI is InChI=1S/C21H30N2O4S/c1-4-26-17-9-11-18(12-10-17)28(24,25)20-21(23-13-7-5-6-8-14-23)27-19(22-20)15-16(2)3/h9-12,16H,4-8,13-15H2,1-3H3. The molecule has 0 saturated carbocycles. The van der Waals surface area contributed by atoms with Gasteiger partial charge < -0.3 is 14.1 Å². The van der Waals surface area contributed by atoms with Gasteiger partial charge >= 0.3 is 0 Å². The van der Waals surface area contributed by atoms with Gasteiger partial charge in [0.1, 0.15) is 5.75 Å². The van der Waals surface area contributed by atoms with Gasteiger partial charge in [0.25, 0.3) is 0 Å². The maximum atomic E-state index is 13.4. The van der Waals surface area contributed by atoms with Gasteiger partial charge in [0.05, 0.1) is 11.5 Å². The average molecular weight is 407 g/mol. The molecule has 28 heavy (non-hydrogen) atoms. The fourth-order valence-electron chi connectivity index (χ4n) is 3.42. The largest absolute Gasteiger partial charge is 0.494 e. The minimum atomic E-state index is -3.78. The van der Waals surface area contributed by atoms with Gasteiger partial charge in [0.2, 0.25) is 20.7 Å². The molecule has 0 amide bonds. The average Bonchev–Trinajstić information content (AvgIpc) is 2.89. The van der Waals surface area contributed by atoms with E-state index >= 15 is 0 Å². The number of hydrogen-bond acceptors (Lipinski definition) is 6. The number of anilines is 1. The summed E-state index contributed by atoms with van der Waals surface area (Å²) in [4.78, 5) is 6.69. The number of nitrogens with zero attached hydrogens (tertiary/aromatic N) is 2. The van der Waals surface area contributed by atoms with E-state index in [-0.39, 0.29) is 9.92 Å². The number of hydrogen-bond donors (Lipinski definition) is 0. The Morgan fingerprint density at radius 2 is 1.75 bits per heavy atom. The number of rotatable bonds is 7. The Hall–Kier alpha value is -2.02. The predicted octanol–water partition coefficient (Wildman–Crippen LogP) is 4.49. The molecule has 7 heteroatoms. The molecule has 1 aliphatic rings. The molecule has 3 rings (SSSR count). The maximum Gasteiger partial charge on any atom is 0.236 e. The third-order valence-corrected chi connectivity index (χ3v) is 6.47. The van der Waals surface area contributed by atoms with Crippen molar-refractivity contribution < 1.29 is 17.6 Å². The summed E-state index contributed by atoms with van der Waals surface area (Å²) in [6.07, 6.45) is 4.99. The second-order valence-electron chi connectivity index (χ2n) is 7.62. The van der Waals surface area contributed by atoms with Gasteiger partial charge in [-0.3, -0.25) is 0 Å². The van der Waals surface area contributed by atoms with E-state index in [2.05, 4.69) is 18.8 Å². The van der Waals surface area contributed by atoms with Crippen molar-refractivity contribution >= 4 is 15.7 Å². The van der Waals surface area contributed by atoms with Crippen molar-refractivity contribution in [2.45, 2.75) is 62.8 Å². The van der Waals surface area contributed by atoms with Crippen molar-refractivity contribution in [3.05, 3.63) is 30.2 Å². The van der Waals surface area contributed by atoms with Crippen molar-refractivity contribution in [1.29, 1.82) is 0 Å². The van der Waals surface area contributed by atoms with E-state index in [1.165, 1.54) is 0 Å². The molecular formula is C21H30N2O4S. The highest BCUT2D eigenvalue weighted by atomic mass is 32.2. The van der Waals surface area contributed by atoms with E-state index in [0.29, 0.717) is 36.5 Å². The Morgan fingerprint density at radius 3 is 2.32 bits per heavy atom. The van der Waals surface area contributed by atoms with E-state index in [9.17, 15) is 8.42 Å². The first-order valence-corrected chi connectivity index (χ1v) is 11.6. The molecule has 0 aliphatic carbocycles. The monoisotopic (exact) mass is 406 g/mol. The minimum absolute atomic E-state index is 0.0363. The molecular weight excluding hydrogens is 376 g/mol. The van der Waals surface area contributed by atoms with Crippen LogP contribution in [0.15, 0.2) is 38.6 Å². The molecule has 154 valence electrons. The Balaban J connectivity index is 2.00. The maximum absolute atomic E-state index is 13.4. The van der Waals surface area contributed by atoms with E-state index in [1.54, 1.807) is 24.3 Å². The number of benzene rings is 1. The minimum Gasteiger partial charge on any atom is -0.494 e. The summed E-state index contributed by atoms with van der Waals surface area (Å²) in [5.41, 5.74) is 0. The fraction of sp³-hybridized carbons (Fsp3) is 0.571. The van der Waals surface area contributed by atoms with Gasteiger partial charge in [-0.2, -0.15) is 4.98 Å². The SMILES string of the molecule is CCOc1ccc(S(=O)(=O)c2nc(CC(C)C)oc2N2CCCCCC2)cc1. The highest BCUT2D eigenvalue weighted by Gasteiger charge is 2.31. The van der Waals surface area contributed by atoms with Crippen molar-refractivity contribution in [3.8, 4) is 5.75 Å². The van der Waals surface area contributed by atoms with Crippen molar-refractivity contribution in [2.24, 2.45) is 5.92 Å². The Bertz CT molecular complexity index is 864. The number of aromatic nitrogens is 1. The second-order valence-corrected chi connectivity index (χ2v) is 9.49. The van der Waals surface area contributed by atoms with Crippen LogP contribution in [-0.4, -0.2) is 33.1 Å². The zero-order valence-corrected chi connectivity index (χ0v) is 17.8. The lowest BCUT2D eigenvalue weighted by Gasteiger charge is -2.20. The van der Waals surface area contributed by atoms with E-state index in [1.807, 2.05) is 11.8 Å². The summed E-state index contributed by atoms with van der Waals surface area (Å²) in [6.45, 7) is 8.15. The van der Waals surface area contributed by atoms with Crippen LogP contribution in [0.4, 0.5) is 5.88 Å². The Kier molecular flexibility index (Phi) is 6.65. The predicted molar refractivity (Wildman–Crippen MR) is 109 cm³/mol. The van der Waals surface area contributed by atoms with Crippen LogP contribution in [0.3, 0.4) is 0 Å². The molecule has 2 heterocycles. The molecule has 0 spiro atoms. The molecule has 0 N–H and O–H groups in total. The zero-order valence-electron chi connectivity index (χ0n) is 17.0. The summed E-state index contributed by atoms with van der Waals surface area (Å²) in [5, 5.41) is 0.0363. The first kappa shape index (κ1) is 20.7. The van der Waals surface area contributed by atoms with Crippen LogP contribution in [0.2, 0.25) is 0 Å². The normalized spacial score (nSPS) is 15.6. The molecule has 6 nitrogen and oxygen atoms in total. The van der Waals surface area contributed by atoms with Gasteiger partial charge in [0.15, 0.2) is 5.89 Å². The lowest BCUT2D eigenvalue weighted by molar-refractivity contribution is 0.340. The molecule has 1 saturated heterocycles. The van der Waals surface area contributed by atoms with E-state index in [4.69, 9.17) is 9.15 Å². The smallest absolute Gasteiger partial charge is 0.236 e. The van der Waals surface area contributed by atoms with Crippen LogP contribution in [0.5, 0.6) is 5.75 Å². The summed E-state index contributed by atoms with van der Waals surface area (Å²) in [7, 11) is -3.78. The van der Waals surface area contributed by atoms with Gasteiger partial charge in [-0.25, -0.2) is 8.42 Å². The van der Waals surface area contributed by atoms with Crippen LogP contribution in [0, 0.1) is 5.92 Å². The van der Waals surface area contributed by atoms with Crippen molar-refractivity contribution in [1.82, 2.24) is 4.98 Å². The second kappa shape index (κ2) is 8.99. The number of ether oxygens (including phenoxy) is 1. The molecule has 1 fully saturated rings. The third-order valence-electron chi connectivity index (χ3n) is 4.80. The summed E-state index contributed by atoms with van der Waals surface area (Å²) in [6, 6.07) is 6.50. The van der Waals surface area contributed by atoms with Gasteiger partial charge in [-0.15, -0.1) is 0 Å². The van der Waals surface area contributed by atoms with Gasteiger partial charge in [-0.1, -0.05) is 26.7 Å². The van der Waals surface area contributed by atoms with Crippen LogP contribution in [0.1, 0.15) is 52.3 Å². The topological polar surface area (TPSA) is 72.6 Å². The zero-order chi connectivity index (χ0) is 20.1. The van der Waals surface area contributed by atoms with E-state index in [0.717, 1.165) is 38.8 Å². The Morgan fingerprint density at radius 1 is 1.11 bits per heavy atom. The number of oxazole rings is 1. The summed E-state index contributed by atoms with van der Waals surface area (Å²) >= 11 is 0. The lowest BCUT2D eigenvalue weighted by Crippen LogP contribution is -2.25. The highest BCUT2D eigenvalue weighted by Crippen LogP contribution is 2.33. The quantitative estimate of drug-likeness (QED) is 0.675. The molecule has 0 radical (unpaired) electrons. The Labute approximate surface area is 167 Å². The fourth-order valence-corrected chi connectivity index (χ4v) is 4.76. The van der Waals surface area contributed by atoms with Crippen LogP contribution in [0.25, 0.3) is 0 Å². The molecule has 0 unspecified atom stereocenters. The molecule has 0 bridgehead atoms. The van der Waals surface area contributed by atoms with Crippen molar-refractivity contribution in [2.75, 3.05) is 24.6 Å². The lowest BCUT2D eigenvalue weighted by atomic mass is 10.1. The summed E-state index contributed by atoms with van der Waals surface area (Å²) in [5.74, 6) is 1.86. The highest BCUT2D eigenvalue weighted by molar-refractivity contribution is 7.91. The summed E-state index contributed by atoms with van der Waals surface area (Å²) < 4.78 is 38.1. The molecule has 1 aromatic heterocycles. The van der Waals surface area contributed by atoms with Crippen molar-refractivity contribution in [3.63, 3.8) is 0 Å². The van der Waals surface area contributed by atoms with Gasteiger partial charge in [0, 0.05) is 19.5 Å². The number of sulfone groups is 1. The molecule has 2 aromatic rings. The molecule has 1 aromatic carbocycles. The van der Waals surface area contributed by atoms with E-state index < -0.39 is 9.84 Å². The first-order chi connectivity index (χ1) is 13.4. The van der Waals surface area contributed by atoms with Crippen LogP contribution in [-0.2, 0) is 16.3 Å². The van der Waals surface area contributed by atoms with Crippen LogP contribution >= 0.6 is 0 Å².